The Kier molecular flexibility index (Phi) is 5.30. The molecule has 1 saturated heterocycles. The van der Waals surface area contributed by atoms with Gasteiger partial charge in [-0.1, -0.05) is 37.8 Å². The summed E-state index contributed by atoms with van der Waals surface area (Å²) in [7, 11) is 0. The number of rotatable bonds is 5. The molecule has 1 aromatic rings. The fourth-order valence-corrected chi connectivity index (χ4v) is 3.82. The van der Waals surface area contributed by atoms with E-state index in [4.69, 9.17) is 4.74 Å². The number of imide groups is 1. The molecule has 0 unspecified atom stereocenters. The first-order chi connectivity index (χ1) is 12.0. The lowest BCUT2D eigenvalue weighted by atomic mass is 9.90. The van der Waals surface area contributed by atoms with E-state index in [2.05, 4.69) is 11.4 Å². The summed E-state index contributed by atoms with van der Waals surface area (Å²) >= 11 is 0. The van der Waals surface area contributed by atoms with Crippen LogP contribution in [0.25, 0.3) is 0 Å². The van der Waals surface area contributed by atoms with E-state index in [9.17, 15) is 9.59 Å². The first kappa shape index (κ1) is 17.8. The van der Waals surface area contributed by atoms with Crippen molar-refractivity contribution in [1.82, 2.24) is 10.2 Å². The summed E-state index contributed by atoms with van der Waals surface area (Å²) in [5, 5.41) is 2.98. The van der Waals surface area contributed by atoms with Gasteiger partial charge < -0.3 is 10.1 Å². The summed E-state index contributed by atoms with van der Waals surface area (Å²) in [5.74, 6) is 0.837. The van der Waals surface area contributed by atoms with Gasteiger partial charge in [0, 0.05) is 6.54 Å². The summed E-state index contributed by atoms with van der Waals surface area (Å²) in [6.45, 7) is 4.96. The van der Waals surface area contributed by atoms with Crippen LogP contribution in [0.1, 0.15) is 56.1 Å². The Morgan fingerprint density at radius 3 is 2.56 bits per heavy atom. The zero-order chi connectivity index (χ0) is 17.9. The van der Waals surface area contributed by atoms with Gasteiger partial charge in [0.15, 0.2) is 0 Å². The molecule has 1 saturated carbocycles. The first-order valence-electron chi connectivity index (χ1n) is 9.36. The molecular formula is C20H28N2O3. The van der Waals surface area contributed by atoms with E-state index in [1.165, 1.54) is 4.90 Å². The van der Waals surface area contributed by atoms with Gasteiger partial charge in [-0.2, -0.15) is 0 Å². The number of amides is 3. The normalized spacial score (nSPS) is 19.8. The second-order valence-corrected chi connectivity index (χ2v) is 7.35. The lowest BCUT2D eigenvalue weighted by molar-refractivity contribution is -0.131. The van der Waals surface area contributed by atoms with Crippen molar-refractivity contribution in [3.05, 3.63) is 29.3 Å². The SMILES string of the molecule is Cc1ccc(C)c(OCCCN2C(=O)NC3(CCCCCC3)C2=O)c1. The second-order valence-electron chi connectivity index (χ2n) is 7.35. The van der Waals surface area contributed by atoms with E-state index >= 15 is 0 Å². The zero-order valence-electron chi connectivity index (χ0n) is 15.3. The van der Waals surface area contributed by atoms with E-state index in [1.807, 2.05) is 26.0 Å². The van der Waals surface area contributed by atoms with Crippen LogP contribution in [0.3, 0.4) is 0 Å². The van der Waals surface area contributed by atoms with Crippen molar-refractivity contribution in [2.24, 2.45) is 0 Å². The van der Waals surface area contributed by atoms with Crippen molar-refractivity contribution < 1.29 is 14.3 Å². The topological polar surface area (TPSA) is 58.6 Å². The molecule has 136 valence electrons. The molecule has 0 radical (unpaired) electrons. The van der Waals surface area contributed by atoms with Crippen molar-refractivity contribution in [1.29, 1.82) is 0 Å². The van der Waals surface area contributed by atoms with Crippen LogP contribution >= 0.6 is 0 Å². The van der Waals surface area contributed by atoms with Crippen molar-refractivity contribution >= 4 is 11.9 Å². The maximum absolute atomic E-state index is 12.8. The van der Waals surface area contributed by atoms with Crippen LogP contribution in [-0.2, 0) is 4.79 Å². The highest BCUT2D eigenvalue weighted by atomic mass is 16.5. The summed E-state index contributed by atoms with van der Waals surface area (Å²) < 4.78 is 5.84. The molecule has 1 aromatic carbocycles. The summed E-state index contributed by atoms with van der Waals surface area (Å²) in [4.78, 5) is 26.5. The average Bonchev–Trinajstić information content (AvgIpc) is 2.74. The monoisotopic (exact) mass is 344 g/mol. The molecule has 3 amide bonds. The summed E-state index contributed by atoms with van der Waals surface area (Å²) in [6.07, 6.45) is 6.50. The van der Waals surface area contributed by atoms with Gasteiger partial charge in [0.2, 0.25) is 0 Å². The lowest BCUT2D eigenvalue weighted by Crippen LogP contribution is -2.46. The third kappa shape index (κ3) is 3.80. The molecule has 1 heterocycles. The highest BCUT2D eigenvalue weighted by Gasteiger charge is 2.50. The molecule has 2 fully saturated rings. The van der Waals surface area contributed by atoms with Crippen LogP contribution in [0.2, 0.25) is 0 Å². The zero-order valence-corrected chi connectivity index (χ0v) is 15.3. The van der Waals surface area contributed by atoms with Crippen molar-refractivity contribution in [2.45, 2.75) is 64.3 Å². The van der Waals surface area contributed by atoms with Crippen molar-refractivity contribution in [2.75, 3.05) is 13.2 Å². The van der Waals surface area contributed by atoms with Gasteiger partial charge in [-0.15, -0.1) is 0 Å². The van der Waals surface area contributed by atoms with E-state index in [0.29, 0.717) is 19.6 Å². The molecule has 0 aromatic heterocycles. The minimum atomic E-state index is -0.637. The average molecular weight is 344 g/mol. The number of ether oxygens (including phenoxy) is 1. The molecular weight excluding hydrogens is 316 g/mol. The molecule has 1 spiro atoms. The van der Waals surface area contributed by atoms with Crippen LogP contribution in [0, 0.1) is 13.8 Å². The number of hydrogen-bond acceptors (Lipinski definition) is 3. The number of carbonyl (C=O) groups excluding carboxylic acids is 2. The Morgan fingerprint density at radius 1 is 1.12 bits per heavy atom. The molecule has 0 bridgehead atoms. The Balaban J connectivity index is 1.53. The van der Waals surface area contributed by atoms with E-state index in [-0.39, 0.29) is 11.9 Å². The predicted molar refractivity (Wildman–Crippen MR) is 96.7 cm³/mol. The van der Waals surface area contributed by atoms with Gasteiger partial charge in [-0.3, -0.25) is 9.69 Å². The predicted octanol–water partition coefficient (Wildman–Crippen LogP) is 3.72. The van der Waals surface area contributed by atoms with Gasteiger partial charge in [0.05, 0.1) is 6.61 Å². The van der Waals surface area contributed by atoms with E-state index < -0.39 is 5.54 Å². The molecule has 5 heteroatoms. The lowest BCUT2D eigenvalue weighted by Gasteiger charge is -2.24. The van der Waals surface area contributed by atoms with Gasteiger partial charge in [0.1, 0.15) is 11.3 Å². The molecule has 1 aliphatic carbocycles. The number of benzene rings is 1. The van der Waals surface area contributed by atoms with Crippen LogP contribution < -0.4 is 10.1 Å². The smallest absolute Gasteiger partial charge is 0.325 e. The van der Waals surface area contributed by atoms with Crippen LogP contribution in [-0.4, -0.2) is 35.5 Å². The third-order valence-electron chi connectivity index (χ3n) is 5.33. The number of aryl methyl sites for hydroxylation is 2. The Hall–Kier alpha value is -2.04. The van der Waals surface area contributed by atoms with Crippen LogP contribution in [0.5, 0.6) is 5.75 Å². The number of nitrogens with one attached hydrogen (secondary N) is 1. The summed E-state index contributed by atoms with van der Waals surface area (Å²) in [6, 6.07) is 5.88. The van der Waals surface area contributed by atoms with E-state index in [0.717, 1.165) is 55.4 Å². The van der Waals surface area contributed by atoms with Gasteiger partial charge in [-0.25, -0.2) is 4.79 Å². The van der Waals surface area contributed by atoms with Gasteiger partial charge in [-0.05, 0) is 50.3 Å². The Morgan fingerprint density at radius 2 is 1.84 bits per heavy atom. The van der Waals surface area contributed by atoms with Crippen molar-refractivity contribution in [3.8, 4) is 5.75 Å². The van der Waals surface area contributed by atoms with Crippen molar-refractivity contribution in [3.63, 3.8) is 0 Å². The van der Waals surface area contributed by atoms with Gasteiger partial charge in [0.25, 0.3) is 5.91 Å². The highest BCUT2D eigenvalue weighted by Crippen LogP contribution is 2.32. The fourth-order valence-electron chi connectivity index (χ4n) is 3.82. The molecule has 3 rings (SSSR count). The maximum atomic E-state index is 12.8. The minimum absolute atomic E-state index is 0.0360. The molecule has 1 aliphatic heterocycles. The van der Waals surface area contributed by atoms with Crippen LogP contribution in [0.15, 0.2) is 18.2 Å². The number of carbonyl (C=O) groups is 2. The van der Waals surface area contributed by atoms with Gasteiger partial charge >= 0.3 is 6.03 Å². The first-order valence-corrected chi connectivity index (χ1v) is 9.36. The largest absolute Gasteiger partial charge is 0.493 e. The standard InChI is InChI=1S/C20H28N2O3/c1-15-8-9-16(2)17(14-15)25-13-7-12-22-18(23)20(21-19(22)24)10-5-3-4-6-11-20/h8-9,14H,3-7,10-13H2,1-2H3,(H,21,24). The highest BCUT2D eigenvalue weighted by molar-refractivity contribution is 6.07. The van der Waals surface area contributed by atoms with Crippen LogP contribution in [0.4, 0.5) is 4.79 Å². The molecule has 2 aliphatic rings. The summed E-state index contributed by atoms with van der Waals surface area (Å²) in [5.41, 5.74) is 1.62. The number of hydrogen-bond donors (Lipinski definition) is 1. The quantitative estimate of drug-likeness (QED) is 0.654. The number of urea groups is 1. The fraction of sp³-hybridized carbons (Fsp3) is 0.600. The minimum Gasteiger partial charge on any atom is -0.493 e. The number of nitrogens with zero attached hydrogens (tertiary/aromatic N) is 1. The molecule has 5 nitrogen and oxygen atoms in total. The third-order valence-corrected chi connectivity index (χ3v) is 5.33. The van der Waals surface area contributed by atoms with E-state index in [1.54, 1.807) is 0 Å². The second kappa shape index (κ2) is 7.46. The Labute approximate surface area is 149 Å². The maximum Gasteiger partial charge on any atom is 0.325 e. The Bertz CT molecular complexity index is 648. The molecule has 0 atom stereocenters. The molecule has 25 heavy (non-hydrogen) atoms. The molecule has 1 N–H and O–H groups in total.